The number of carbonyl (C=O) groups excluding carboxylic acids is 4. The number of esters is 1. The van der Waals surface area contributed by atoms with Gasteiger partial charge in [0.15, 0.2) is 0 Å². The number of anilines is 1. The number of imide groups is 1. The van der Waals surface area contributed by atoms with Gasteiger partial charge in [-0.3, -0.25) is 14.4 Å². The molecule has 0 N–H and O–H groups in total. The Morgan fingerprint density at radius 3 is 2.33 bits per heavy atom. The van der Waals surface area contributed by atoms with Crippen molar-refractivity contribution in [2.24, 2.45) is 0 Å². The Morgan fingerprint density at radius 2 is 1.73 bits per heavy atom. The zero-order chi connectivity index (χ0) is 23.5. The van der Waals surface area contributed by atoms with Crippen molar-refractivity contribution in [1.29, 1.82) is 0 Å². The van der Waals surface area contributed by atoms with Crippen molar-refractivity contribution in [3.05, 3.63) is 65.2 Å². The van der Waals surface area contributed by atoms with Crippen LogP contribution in [0.3, 0.4) is 0 Å². The van der Waals surface area contributed by atoms with Gasteiger partial charge in [-0.1, -0.05) is 17.7 Å². The van der Waals surface area contributed by atoms with Crippen LogP contribution in [0, 0.1) is 6.92 Å². The Morgan fingerprint density at radius 1 is 1.06 bits per heavy atom. The predicted octanol–water partition coefficient (Wildman–Crippen LogP) is 2.73. The number of hydrogen-bond acceptors (Lipinski definition) is 6. The largest absolute Gasteiger partial charge is 0.465 e. The topological polar surface area (TPSA) is 93.2 Å². The van der Waals surface area contributed by atoms with Crippen molar-refractivity contribution >= 4 is 29.4 Å². The van der Waals surface area contributed by atoms with Crippen molar-refractivity contribution in [2.75, 3.05) is 25.2 Å². The molecule has 0 spiro atoms. The van der Waals surface area contributed by atoms with Crippen LogP contribution in [0.5, 0.6) is 0 Å². The summed E-state index contributed by atoms with van der Waals surface area (Å²) in [5, 5.41) is 0. The Labute approximate surface area is 192 Å². The molecular weight excluding hydrogens is 424 g/mol. The van der Waals surface area contributed by atoms with Crippen LogP contribution in [0.1, 0.15) is 45.5 Å². The first-order valence-electron chi connectivity index (χ1n) is 10.9. The summed E-state index contributed by atoms with van der Waals surface area (Å²) in [6.45, 7) is 2.79. The second-order valence-corrected chi connectivity index (χ2v) is 8.28. The number of hydrogen-bond donors (Lipinski definition) is 0. The van der Waals surface area contributed by atoms with Crippen LogP contribution in [0.2, 0.25) is 0 Å². The van der Waals surface area contributed by atoms with Gasteiger partial charge in [0.25, 0.3) is 11.8 Å². The molecule has 2 fully saturated rings. The van der Waals surface area contributed by atoms with Crippen molar-refractivity contribution in [3.63, 3.8) is 0 Å². The van der Waals surface area contributed by atoms with E-state index in [2.05, 4.69) is 4.74 Å². The lowest BCUT2D eigenvalue weighted by molar-refractivity contribution is -0.122. The van der Waals surface area contributed by atoms with E-state index in [1.165, 1.54) is 36.3 Å². The van der Waals surface area contributed by atoms with Crippen LogP contribution in [0.15, 0.2) is 48.5 Å². The number of amides is 3. The molecule has 0 bridgehead atoms. The van der Waals surface area contributed by atoms with E-state index < -0.39 is 23.8 Å². The van der Waals surface area contributed by atoms with Gasteiger partial charge in [0.05, 0.1) is 30.9 Å². The first-order chi connectivity index (χ1) is 15.9. The van der Waals surface area contributed by atoms with Gasteiger partial charge in [0.1, 0.15) is 6.04 Å². The molecule has 172 valence electrons. The van der Waals surface area contributed by atoms with E-state index >= 15 is 0 Å². The normalized spacial score (nSPS) is 20.2. The number of ether oxygens (including phenoxy) is 2. The Balaban J connectivity index is 1.60. The molecule has 0 radical (unpaired) electrons. The quantitative estimate of drug-likeness (QED) is 0.496. The number of carbonyl (C=O) groups is 4. The maximum atomic E-state index is 13.4. The molecule has 2 aliphatic rings. The van der Waals surface area contributed by atoms with E-state index in [1.54, 1.807) is 12.1 Å². The lowest BCUT2D eigenvalue weighted by atomic mass is 10.1. The maximum absolute atomic E-state index is 13.4. The zero-order valence-corrected chi connectivity index (χ0v) is 18.7. The van der Waals surface area contributed by atoms with Crippen molar-refractivity contribution < 1.29 is 28.7 Å². The fourth-order valence-electron chi connectivity index (χ4n) is 4.22. The third-order valence-electron chi connectivity index (χ3n) is 6.03. The molecule has 8 heteroatoms. The molecular formula is C25H26N2O6. The highest BCUT2D eigenvalue weighted by atomic mass is 16.5. The number of rotatable bonds is 6. The third kappa shape index (κ3) is 4.66. The van der Waals surface area contributed by atoms with Crippen LogP contribution >= 0.6 is 0 Å². The van der Waals surface area contributed by atoms with Crippen LogP contribution in [-0.2, 0) is 19.1 Å². The fourth-order valence-corrected chi connectivity index (χ4v) is 4.22. The van der Waals surface area contributed by atoms with Gasteiger partial charge in [-0.15, -0.1) is 0 Å². The van der Waals surface area contributed by atoms with Gasteiger partial charge in [0, 0.05) is 18.7 Å². The third-order valence-corrected chi connectivity index (χ3v) is 6.03. The summed E-state index contributed by atoms with van der Waals surface area (Å²) in [7, 11) is 1.28. The minimum atomic E-state index is -0.921. The number of aryl methyl sites for hydroxylation is 1. The van der Waals surface area contributed by atoms with Crippen molar-refractivity contribution in [3.8, 4) is 0 Å². The fraction of sp³-hybridized carbons (Fsp3) is 0.360. The minimum Gasteiger partial charge on any atom is -0.465 e. The summed E-state index contributed by atoms with van der Waals surface area (Å²) in [5.74, 6) is -1.68. The smallest absolute Gasteiger partial charge is 0.337 e. The van der Waals surface area contributed by atoms with Gasteiger partial charge < -0.3 is 14.4 Å². The highest BCUT2D eigenvalue weighted by Crippen LogP contribution is 2.28. The number of methoxy groups -OCH3 is 1. The highest BCUT2D eigenvalue weighted by Gasteiger charge is 2.45. The summed E-state index contributed by atoms with van der Waals surface area (Å²) in [4.78, 5) is 53.9. The van der Waals surface area contributed by atoms with E-state index in [0.29, 0.717) is 23.4 Å². The lowest BCUT2D eigenvalue weighted by Crippen LogP contribution is -2.48. The summed E-state index contributed by atoms with van der Waals surface area (Å²) < 4.78 is 10.4. The van der Waals surface area contributed by atoms with E-state index in [-0.39, 0.29) is 25.0 Å². The van der Waals surface area contributed by atoms with Gasteiger partial charge >= 0.3 is 5.97 Å². The van der Waals surface area contributed by atoms with Crippen LogP contribution in [-0.4, -0.2) is 61.0 Å². The standard InChI is InChI=1S/C25H26N2O6/c1-16-5-7-17(8-6-16)23(29)26(15-20-4-3-13-33-20)21-14-22(28)27(24(21)30)19-11-9-18(10-12-19)25(31)32-2/h5-12,20-21H,3-4,13-15H2,1-2H3. The first kappa shape index (κ1) is 22.7. The molecule has 3 amide bonds. The Hall–Kier alpha value is -3.52. The van der Waals surface area contributed by atoms with E-state index in [4.69, 9.17) is 4.74 Å². The average molecular weight is 450 g/mol. The highest BCUT2D eigenvalue weighted by molar-refractivity contribution is 6.23. The molecule has 2 heterocycles. The molecule has 2 aliphatic heterocycles. The molecule has 2 unspecified atom stereocenters. The molecule has 0 saturated carbocycles. The summed E-state index contributed by atoms with van der Waals surface area (Å²) in [6.07, 6.45) is 1.41. The van der Waals surface area contributed by atoms with E-state index in [0.717, 1.165) is 23.3 Å². The molecule has 2 aromatic rings. The molecule has 4 rings (SSSR count). The van der Waals surface area contributed by atoms with Crippen molar-refractivity contribution in [1.82, 2.24) is 4.90 Å². The first-order valence-corrected chi connectivity index (χ1v) is 10.9. The average Bonchev–Trinajstić information content (AvgIpc) is 3.44. The minimum absolute atomic E-state index is 0.109. The lowest BCUT2D eigenvalue weighted by Gasteiger charge is -2.30. The Kier molecular flexibility index (Phi) is 6.55. The van der Waals surface area contributed by atoms with E-state index in [9.17, 15) is 19.2 Å². The number of nitrogens with zero attached hydrogens (tertiary/aromatic N) is 2. The van der Waals surface area contributed by atoms with Crippen LogP contribution < -0.4 is 4.90 Å². The molecule has 0 aliphatic carbocycles. The summed E-state index contributed by atoms with van der Waals surface area (Å²) in [6, 6.07) is 12.3. The predicted molar refractivity (Wildman–Crippen MR) is 120 cm³/mol. The second kappa shape index (κ2) is 9.54. The summed E-state index contributed by atoms with van der Waals surface area (Å²) >= 11 is 0. The Bertz CT molecular complexity index is 1060. The second-order valence-electron chi connectivity index (χ2n) is 8.28. The van der Waals surface area contributed by atoms with Gasteiger partial charge in [0.2, 0.25) is 5.91 Å². The van der Waals surface area contributed by atoms with Gasteiger partial charge in [-0.05, 0) is 56.2 Å². The molecule has 2 atom stereocenters. The van der Waals surface area contributed by atoms with Gasteiger partial charge in [-0.2, -0.15) is 0 Å². The van der Waals surface area contributed by atoms with Crippen molar-refractivity contribution in [2.45, 2.75) is 38.3 Å². The molecule has 2 saturated heterocycles. The monoisotopic (exact) mass is 450 g/mol. The number of benzene rings is 2. The SMILES string of the molecule is COC(=O)c1ccc(N2C(=O)CC(N(CC3CCCO3)C(=O)c3ccc(C)cc3)C2=O)cc1. The van der Waals surface area contributed by atoms with Gasteiger partial charge in [-0.25, -0.2) is 9.69 Å². The molecule has 8 nitrogen and oxygen atoms in total. The van der Waals surface area contributed by atoms with Crippen LogP contribution in [0.25, 0.3) is 0 Å². The molecule has 33 heavy (non-hydrogen) atoms. The summed E-state index contributed by atoms with van der Waals surface area (Å²) in [5.41, 5.74) is 2.14. The molecule has 0 aromatic heterocycles. The molecule has 2 aromatic carbocycles. The maximum Gasteiger partial charge on any atom is 0.337 e. The van der Waals surface area contributed by atoms with Crippen LogP contribution in [0.4, 0.5) is 5.69 Å². The zero-order valence-electron chi connectivity index (χ0n) is 18.7. The van der Waals surface area contributed by atoms with E-state index in [1.807, 2.05) is 19.1 Å².